The molecule has 7 nitrogen and oxygen atoms in total. The molecule has 1 saturated carbocycles. The lowest BCUT2D eigenvalue weighted by atomic mass is 9.93. The summed E-state index contributed by atoms with van der Waals surface area (Å²) in [4.78, 5) is 27.6. The topological polar surface area (TPSA) is 86.8 Å². The van der Waals surface area contributed by atoms with Crippen LogP contribution in [0, 0.1) is 5.92 Å². The highest BCUT2D eigenvalue weighted by molar-refractivity contribution is 7.89. The first-order valence-electron chi connectivity index (χ1n) is 12.5. The van der Waals surface area contributed by atoms with Gasteiger partial charge in [0.1, 0.15) is 0 Å². The van der Waals surface area contributed by atoms with E-state index in [4.69, 9.17) is 0 Å². The number of nitrogens with zero attached hydrogens (tertiary/aromatic N) is 2. The monoisotopic (exact) mass is 477 g/mol. The van der Waals surface area contributed by atoms with E-state index in [1.165, 1.54) is 23.6 Å². The van der Waals surface area contributed by atoms with Crippen LogP contribution in [0.3, 0.4) is 0 Å². The summed E-state index contributed by atoms with van der Waals surface area (Å²) in [6, 6.07) is 7.13. The van der Waals surface area contributed by atoms with Gasteiger partial charge in [0, 0.05) is 38.6 Å². The Labute approximate surface area is 199 Å². The molecule has 1 heterocycles. The van der Waals surface area contributed by atoms with E-state index in [2.05, 4.69) is 5.32 Å². The quantitative estimate of drug-likeness (QED) is 0.591. The van der Waals surface area contributed by atoms with Gasteiger partial charge in [-0.15, -0.1) is 0 Å². The van der Waals surface area contributed by atoms with E-state index in [9.17, 15) is 18.0 Å². The van der Waals surface area contributed by atoms with E-state index in [0.29, 0.717) is 45.1 Å². The molecule has 0 radical (unpaired) electrons. The molecule has 1 aromatic rings. The summed E-state index contributed by atoms with van der Waals surface area (Å²) in [5, 5.41) is 3.21. The molecule has 0 aromatic heterocycles. The number of hydrogen-bond donors (Lipinski definition) is 1. The third kappa shape index (κ3) is 6.79. The van der Waals surface area contributed by atoms with E-state index < -0.39 is 10.0 Å². The first kappa shape index (κ1) is 25.7. The van der Waals surface area contributed by atoms with Gasteiger partial charge in [-0.05, 0) is 49.8 Å². The Hall–Kier alpha value is -1.93. The van der Waals surface area contributed by atoms with Crippen molar-refractivity contribution in [1.82, 2.24) is 14.5 Å². The Morgan fingerprint density at radius 2 is 1.67 bits per heavy atom. The van der Waals surface area contributed by atoms with E-state index in [0.717, 1.165) is 31.2 Å². The maximum atomic E-state index is 12.8. The van der Waals surface area contributed by atoms with Crippen molar-refractivity contribution < 1.29 is 18.0 Å². The largest absolute Gasteiger partial charge is 0.353 e. The van der Waals surface area contributed by atoms with E-state index in [-0.39, 0.29) is 22.6 Å². The molecule has 2 amide bonds. The number of nitrogens with one attached hydrogen (secondary N) is 1. The van der Waals surface area contributed by atoms with Crippen LogP contribution in [0.4, 0.5) is 0 Å². The zero-order valence-electron chi connectivity index (χ0n) is 20.1. The van der Waals surface area contributed by atoms with Gasteiger partial charge in [-0.3, -0.25) is 9.59 Å². The molecule has 0 spiro atoms. The fourth-order valence-electron chi connectivity index (χ4n) is 4.93. The van der Waals surface area contributed by atoms with Crippen LogP contribution in [0.25, 0.3) is 0 Å². The van der Waals surface area contributed by atoms with Crippen LogP contribution in [0.1, 0.15) is 70.8 Å². The minimum absolute atomic E-state index is 0.0602. The number of carbonyl (C=O) groups excluding carboxylic acids is 2. The first-order valence-corrected chi connectivity index (χ1v) is 14.0. The molecule has 0 bridgehead atoms. The fraction of sp³-hybridized carbons (Fsp3) is 0.680. The molecule has 184 valence electrons. The van der Waals surface area contributed by atoms with Crippen molar-refractivity contribution in [1.29, 1.82) is 0 Å². The lowest BCUT2D eigenvalue weighted by Crippen LogP contribution is -2.48. The van der Waals surface area contributed by atoms with Crippen LogP contribution in [0.15, 0.2) is 29.2 Å². The highest BCUT2D eigenvalue weighted by Gasteiger charge is 2.29. The zero-order chi connectivity index (χ0) is 23.8. The second-order valence-corrected chi connectivity index (χ2v) is 11.2. The number of sulfonamides is 1. The molecule has 8 heteroatoms. The number of aryl methyl sites for hydroxylation is 1. The van der Waals surface area contributed by atoms with E-state index in [1.54, 1.807) is 24.3 Å². The lowest BCUT2D eigenvalue weighted by Gasteiger charge is -2.33. The molecule has 2 fully saturated rings. The number of amides is 2. The number of hydrogen-bond acceptors (Lipinski definition) is 4. The van der Waals surface area contributed by atoms with Gasteiger partial charge in [0.25, 0.3) is 0 Å². The highest BCUT2D eigenvalue weighted by Crippen LogP contribution is 2.22. The summed E-state index contributed by atoms with van der Waals surface area (Å²) in [6.45, 7) is 5.72. The summed E-state index contributed by atoms with van der Waals surface area (Å²) in [7, 11) is -3.47. The van der Waals surface area contributed by atoms with Gasteiger partial charge in [0.2, 0.25) is 21.8 Å². The Balaban J connectivity index is 1.50. The molecule has 1 N–H and O–H groups in total. The van der Waals surface area contributed by atoms with Crippen molar-refractivity contribution in [2.45, 2.75) is 82.6 Å². The molecule has 2 aliphatic rings. The third-order valence-electron chi connectivity index (χ3n) is 6.99. The standard InChI is InChI=1S/C25H39N3O4S/c1-3-28(4-2)33(31,32)23-15-12-20(13-16-23)14-17-24(29)27-18-8-9-21(19-27)25(30)26-22-10-6-5-7-11-22/h12-13,15-16,21-22H,3-11,14,17-19H2,1-2H3,(H,26,30). The van der Waals surface area contributed by atoms with Crippen molar-refractivity contribution in [3.8, 4) is 0 Å². The van der Waals surface area contributed by atoms with Gasteiger partial charge in [-0.1, -0.05) is 45.2 Å². The molecule has 1 atom stereocenters. The molecule has 1 unspecified atom stereocenters. The second-order valence-electron chi connectivity index (χ2n) is 9.26. The van der Waals surface area contributed by atoms with Gasteiger partial charge < -0.3 is 10.2 Å². The number of piperidine rings is 1. The Morgan fingerprint density at radius 1 is 1.00 bits per heavy atom. The van der Waals surface area contributed by atoms with Gasteiger partial charge in [0.05, 0.1) is 10.8 Å². The SMILES string of the molecule is CCN(CC)S(=O)(=O)c1ccc(CCC(=O)N2CCCC(C(=O)NC3CCCCC3)C2)cc1. The lowest BCUT2D eigenvalue weighted by molar-refractivity contribution is -0.136. The van der Waals surface area contributed by atoms with Crippen LogP contribution in [-0.4, -0.2) is 61.7 Å². The number of benzene rings is 1. The van der Waals surface area contributed by atoms with Crippen molar-refractivity contribution in [3.63, 3.8) is 0 Å². The van der Waals surface area contributed by atoms with Crippen LogP contribution < -0.4 is 5.32 Å². The maximum Gasteiger partial charge on any atom is 0.243 e. The molecular weight excluding hydrogens is 438 g/mol. The molecule has 33 heavy (non-hydrogen) atoms. The van der Waals surface area contributed by atoms with Crippen LogP contribution >= 0.6 is 0 Å². The Kier molecular flexibility index (Phi) is 9.32. The molecule has 1 aliphatic carbocycles. The zero-order valence-corrected chi connectivity index (χ0v) is 20.9. The van der Waals surface area contributed by atoms with Crippen molar-refractivity contribution in [2.24, 2.45) is 5.92 Å². The number of carbonyl (C=O) groups is 2. The van der Waals surface area contributed by atoms with Gasteiger partial charge >= 0.3 is 0 Å². The average molecular weight is 478 g/mol. The van der Waals surface area contributed by atoms with Crippen molar-refractivity contribution in [3.05, 3.63) is 29.8 Å². The normalized spacial score (nSPS) is 20.1. The second kappa shape index (κ2) is 12.0. The fourth-order valence-corrected chi connectivity index (χ4v) is 6.39. The summed E-state index contributed by atoms with van der Waals surface area (Å²) >= 11 is 0. The van der Waals surface area contributed by atoms with E-state index >= 15 is 0 Å². The first-order chi connectivity index (χ1) is 15.8. The molecule has 3 rings (SSSR count). The summed E-state index contributed by atoms with van der Waals surface area (Å²) in [6.07, 6.45) is 8.36. The summed E-state index contributed by atoms with van der Waals surface area (Å²) in [5.41, 5.74) is 0.936. The van der Waals surface area contributed by atoms with Crippen LogP contribution in [0.2, 0.25) is 0 Å². The molecular formula is C25H39N3O4S. The molecule has 1 aliphatic heterocycles. The summed E-state index contributed by atoms with van der Waals surface area (Å²) in [5.74, 6) is 0.0450. The maximum absolute atomic E-state index is 12.8. The van der Waals surface area contributed by atoms with Gasteiger partial charge in [-0.2, -0.15) is 4.31 Å². The predicted molar refractivity (Wildman–Crippen MR) is 129 cm³/mol. The number of likely N-dealkylation sites (tertiary alicyclic amines) is 1. The van der Waals surface area contributed by atoms with E-state index in [1.807, 2.05) is 18.7 Å². The van der Waals surface area contributed by atoms with Crippen molar-refractivity contribution in [2.75, 3.05) is 26.2 Å². The predicted octanol–water partition coefficient (Wildman–Crippen LogP) is 3.34. The van der Waals surface area contributed by atoms with Crippen LogP contribution in [0.5, 0.6) is 0 Å². The minimum atomic E-state index is -3.47. The summed E-state index contributed by atoms with van der Waals surface area (Å²) < 4.78 is 26.7. The van der Waals surface area contributed by atoms with Crippen LogP contribution in [-0.2, 0) is 26.0 Å². The van der Waals surface area contributed by atoms with Gasteiger partial charge in [0.15, 0.2) is 0 Å². The van der Waals surface area contributed by atoms with Crippen molar-refractivity contribution >= 4 is 21.8 Å². The smallest absolute Gasteiger partial charge is 0.243 e. The third-order valence-corrected chi connectivity index (χ3v) is 9.05. The number of rotatable bonds is 9. The highest BCUT2D eigenvalue weighted by atomic mass is 32.2. The molecule has 1 aromatic carbocycles. The Morgan fingerprint density at radius 3 is 2.30 bits per heavy atom. The minimum Gasteiger partial charge on any atom is -0.353 e. The average Bonchev–Trinajstić information content (AvgIpc) is 2.84. The van der Waals surface area contributed by atoms with Gasteiger partial charge in [-0.25, -0.2) is 8.42 Å². The molecule has 1 saturated heterocycles. The Bertz CT molecular complexity index is 891.